The SMILES string of the molecule is CN=C(NCc1ncc(C(C)(C)C)o1)NCC(c1cnn(C)c1)N(C)C. The van der Waals surface area contributed by atoms with E-state index in [4.69, 9.17) is 4.42 Å². The minimum absolute atomic E-state index is 0.0478. The van der Waals surface area contributed by atoms with Crippen molar-refractivity contribution in [2.75, 3.05) is 27.7 Å². The summed E-state index contributed by atoms with van der Waals surface area (Å²) in [4.78, 5) is 10.8. The van der Waals surface area contributed by atoms with Crippen LogP contribution in [0.1, 0.15) is 44.0 Å². The number of hydrogen-bond donors (Lipinski definition) is 2. The van der Waals surface area contributed by atoms with Gasteiger partial charge in [-0.3, -0.25) is 9.67 Å². The van der Waals surface area contributed by atoms with E-state index in [1.165, 1.54) is 0 Å². The van der Waals surface area contributed by atoms with Crippen LogP contribution in [0, 0.1) is 0 Å². The Morgan fingerprint density at radius 3 is 2.54 bits per heavy atom. The first-order chi connectivity index (χ1) is 12.2. The normalized spacial score (nSPS) is 13.9. The standard InChI is InChI=1S/C18H31N7O/c1-18(2,3)15-10-20-16(26-15)11-22-17(19-4)21-9-14(24(5)6)13-8-23-25(7)12-13/h8,10,12,14H,9,11H2,1-7H3,(H2,19,21,22). The van der Waals surface area contributed by atoms with Crippen molar-refractivity contribution >= 4 is 5.96 Å². The molecule has 0 aliphatic rings. The second kappa shape index (κ2) is 8.35. The topological polar surface area (TPSA) is 83.5 Å². The molecule has 0 amide bonds. The van der Waals surface area contributed by atoms with Gasteiger partial charge in [0.25, 0.3) is 0 Å². The lowest BCUT2D eigenvalue weighted by molar-refractivity contribution is 0.298. The molecule has 0 saturated carbocycles. The van der Waals surface area contributed by atoms with E-state index >= 15 is 0 Å². The maximum absolute atomic E-state index is 5.80. The molecule has 0 radical (unpaired) electrons. The molecule has 8 heteroatoms. The maximum atomic E-state index is 5.80. The molecule has 26 heavy (non-hydrogen) atoms. The largest absolute Gasteiger partial charge is 0.443 e. The lowest BCUT2D eigenvalue weighted by Gasteiger charge is -2.24. The van der Waals surface area contributed by atoms with Crippen LogP contribution in [0.15, 0.2) is 28.0 Å². The van der Waals surface area contributed by atoms with Gasteiger partial charge in [-0.1, -0.05) is 20.8 Å². The average Bonchev–Trinajstić information content (AvgIpc) is 3.19. The lowest BCUT2D eigenvalue weighted by atomic mass is 9.94. The van der Waals surface area contributed by atoms with Crippen molar-refractivity contribution in [1.82, 2.24) is 30.3 Å². The van der Waals surface area contributed by atoms with Gasteiger partial charge < -0.3 is 20.0 Å². The second-order valence-corrected chi connectivity index (χ2v) is 7.60. The Bertz CT molecular complexity index is 724. The third-order valence-electron chi connectivity index (χ3n) is 4.12. The molecule has 0 bridgehead atoms. The molecule has 144 valence electrons. The summed E-state index contributed by atoms with van der Waals surface area (Å²) in [7, 11) is 7.78. The van der Waals surface area contributed by atoms with E-state index in [1.54, 1.807) is 13.2 Å². The van der Waals surface area contributed by atoms with Crippen LogP contribution in [0.3, 0.4) is 0 Å². The number of aryl methyl sites for hydroxylation is 1. The highest BCUT2D eigenvalue weighted by Gasteiger charge is 2.19. The lowest BCUT2D eigenvalue weighted by Crippen LogP contribution is -2.41. The van der Waals surface area contributed by atoms with Crippen molar-refractivity contribution in [2.45, 2.75) is 38.8 Å². The molecule has 1 unspecified atom stereocenters. The summed E-state index contributed by atoms with van der Waals surface area (Å²) in [6.07, 6.45) is 5.71. The summed E-state index contributed by atoms with van der Waals surface area (Å²) in [5, 5.41) is 10.9. The first kappa shape index (κ1) is 20.0. The van der Waals surface area contributed by atoms with Gasteiger partial charge in [-0.25, -0.2) is 4.98 Å². The van der Waals surface area contributed by atoms with Crippen molar-refractivity contribution in [3.8, 4) is 0 Å². The predicted molar refractivity (Wildman–Crippen MR) is 103 cm³/mol. The maximum Gasteiger partial charge on any atom is 0.213 e. The molecule has 0 fully saturated rings. The molecule has 0 aliphatic heterocycles. The molecule has 8 nitrogen and oxygen atoms in total. The smallest absolute Gasteiger partial charge is 0.213 e. The van der Waals surface area contributed by atoms with Gasteiger partial charge in [0.15, 0.2) is 5.96 Å². The highest BCUT2D eigenvalue weighted by atomic mass is 16.4. The first-order valence-electron chi connectivity index (χ1n) is 8.75. The third kappa shape index (κ3) is 5.32. The van der Waals surface area contributed by atoms with Gasteiger partial charge in [-0.2, -0.15) is 5.10 Å². The van der Waals surface area contributed by atoms with Gasteiger partial charge in [0.2, 0.25) is 5.89 Å². The fourth-order valence-corrected chi connectivity index (χ4v) is 2.52. The number of aromatic nitrogens is 3. The van der Waals surface area contributed by atoms with Gasteiger partial charge in [-0.15, -0.1) is 0 Å². The number of aliphatic imine (C=N–C) groups is 1. The Kier molecular flexibility index (Phi) is 6.42. The number of hydrogen-bond acceptors (Lipinski definition) is 5. The number of rotatable bonds is 6. The summed E-state index contributed by atoms with van der Waals surface area (Å²) >= 11 is 0. The van der Waals surface area contributed by atoms with Gasteiger partial charge in [0.05, 0.1) is 25.0 Å². The predicted octanol–water partition coefficient (Wildman–Crippen LogP) is 1.67. The highest BCUT2D eigenvalue weighted by Crippen LogP contribution is 2.22. The summed E-state index contributed by atoms with van der Waals surface area (Å²) in [5.74, 6) is 2.23. The van der Waals surface area contributed by atoms with Gasteiger partial charge in [-0.05, 0) is 14.1 Å². The zero-order chi connectivity index (χ0) is 19.3. The van der Waals surface area contributed by atoms with E-state index in [0.717, 1.165) is 11.3 Å². The molecule has 0 saturated heterocycles. The van der Waals surface area contributed by atoms with Gasteiger partial charge >= 0.3 is 0 Å². The van der Waals surface area contributed by atoms with Crippen LogP contribution in [-0.4, -0.2) is 53.3 Å². The molecule has 1 atom stereocenters. The van der Waals surface area contributed by atoms with E-state index in [9.17, 15) is 0 Å². The molecular formula is C18H31N7O. The van der Waals surface area contributed by atoms with Crippen LogP contribution >= 0.6 is 0 Å². The molecule has 2 N–H and O–H groups in total. The molecule has 2 rings (SSSR count). The van der Waals surface area contributed by atoms with Crippen molar-refractivity contribution in [3.05, 3.63) is 35.8 Å². The number of nitrogens with zero attached hydrogens (tertiary/aromatic N) is 5. The Hall–Kier alpha value is -2.35. The van der Waals surface area contributed by atoms with Crippen LogP contribution in [0.25, 0.3) is 0 Å². The van der Waals surface area contributed by atoms with Crippen molar-refractivity contribution < 1.29 is 4.42 Å². The molecule has 2 aromatic heterocycles. The zero-order valence-corrected chi connectivity index (χ0v) is 16.9. The Morgan fingerprint density at radius 1 is 1.31 bits per heavy atom. The Balaban J connectivity index is 1.91. The van der Waals surface area contributed by atoms with Crippen LogP contribution < -0.4 is 10.6 Å². The summed E-state index contributed by atoms with van der Waals surface area (Å²) in [6.45, 7) is 7.49. The average molecular weight is 361 g/mol. The van der Waals surface area contributed by atoms with E-state index in [1.807, 2.05) is 24.1 Å². The van der Waals surface area contributed by atoms with Crippen LogP contribution in [0.2, 0.25) is 0 Å². The Labute approximate surface area is 155 Å². The van der Waals surface area contributed by atoms with Crippen molar-refractivity contribution in [2.24, 2.45) is 12.0 Å². The molecule has 0 aromatic carbocycles. The van der Waals surface area contributed by atoms with E-state index in [-0.39, 0.29) is 11.5 Å². The van der Waals surface area contributed by atoms with E-state index in [0.29, 0.717) is 24.9 Å². The molecular weight excluding hydrogens is 330 g/mol. The van der Waals surface area contributed by atoms with E-state index in [2.05, 4.69) is 65.5 Å². The van der Waals surface area contributed by atoms with Crippen LogP contribution in [0.5, 0.6) is 0 Å². The number of nitrogens with one attached hydrogen (secondary N) is 2. The second-order valence-electron chi connectivity index (χ2n) is 7.60. The fraction of sp³-hybridized carbons (Fsp3) is 0.611. The first-order valence-corrected chi connectivity index (χ1v) is 8.75. The quantitative estimate of drug-likeness (QED) is 0.602. The van der Waals surface area contributed by atoms with Crippen molar-refractivity contribution in [1.29, 1.82) is 0 Å². The van der Waals surface area contributed by atoms with Crippen molar-refractivity contribution in [3.63, 3.8) is 0 Å². The summed E-state index contributed by atoms with van der Waals surface area (Å²) < 4.78 is 7.62. The van der Waals surface area contributed by atoms with Gasteiger partial charge in [0.1, 0.15) is 5.76 Å². The Morgan fingerprint density at radius 2 is 2.04 bits per heavy atom. The van der Waals surface area contributed by atoms with Gasteiger partial charge in [0, 0.05) is 37.8 Å². The monoisotopic (exact) mass is 361 g/mol. The van der Waals surface area contributed by atoms with E-state index < -0.39 is 0 Å². The van der Waals surface area contributed by atoms with Crippen LogP contribution in [0.4, 0.5) is 0 Å². The summed E-state index contributed by atoms with van der Waals surface area (Å²) in [6, 6.07) is 0.191. The van der Waals surface area contributed by atoms with Crippen LogP contribution in [-0.2, 0) is 19.0 Å². The molecule has 0 aliphatic carbocycles. The molecule has 0 spiro atoms. The fourth-order valence-electron chi connectivity index (χ4n) is 2.52. The summed E-state index contributed by atoms with van der Waals surface area (Å²) in [5.41, 5.74) is 1.11. The third-order valence-corrected chi connectivity index (χ3v) is 4.12. The zero-order valence-electron chi connectivity index (χ0n) is 16.9. The molecule has 2 aromatic rings. The minimum Gasteiger partial charge on any atom is -0.443 e. The molecule has 2 heterocycles. The number of oxazole rings is 1. The highest BCUT2D eigenvalue weighted by molar-refractivity contribution is 5.79. The minimum atomic E-state index is -0.0478. The number of likely N-dealkylation sites (N-methyl/N-ethyl adjacent to an activating group) is 1. The number of guanidine groups is 1.